The van der Waals surface area contributed by atoms with Crippen molar-refractivity contribution < 1.29 is 9.90 Å². The summed E-state index contributed by atoms with van der Waals surface area (Å²) in [4.78, 5) is 14.1. The van der Waals surface area contributed by atoms with Crippen molar-refractivity contribution in [3.63, 3.8) is 0 Å². The Bertz CT molecular complexity index is 457. The molecule has 0 saturated carbocycles. The third-order valence-corrected chi connectivity index (χ3v) is 3.73. The number of hydrogen-bond donors (Lipinski definition) is 2. The van der Waals surface area contributed by atoms with E-state index in [0.717, 1.165) is 24.2 Å². The van der Waals surface area contributed by atoms with E-state index in [4.69, 9.17) is 10.8 Å². The third kappa shape index (κ3) is 5.04. The molecular weight excluding hydrogens is 268 g/mol. The molecule has 0 fully saturated rings. The molecular formula is C15H28N4O2. The van der Waals surface area contributed by atoms with Gasteiger partial charge in [0.25, 0.3) is 0 Å². The number of aryl methyl sites for hydroxylation is 1. The number of hydrogen-bond acceptors (Lipinski definition) is 4. The van der Waals surface area contributed by atoms with Gasteiger partial charge in [0.05, 0.1) is 23.7 Å². The SMILES string of the molecule is CCCCCCN(CCO)C(=O)Cn1nc(C)c(N)c1C. The summed E-state index contributed by atoms with van der Waals surface area (Å²) in [7, 11) is 0. The van der Waals surface area contributed by atoms with Crippen LogP contribution in [0.25, 0.3) is 0 Å². The van der Waals surface area contributed by atoms with Crippen LogP contribution in [0.4, 0.5) is 5.69 Å². The van der Waals surface area contributed by atoms with Crippen LogP contribution in [-0.2, 0) is 11.3 Å². The molecule has 1 aromatic rings. The number of amides is 1. The molecule has 0 aliphatic heterocycles. The number of nitrogen functional groups attached to an aromatic ring is 1. The smallest absolute Gasteiger partial charge is 0.244 e. The van der Waals surface area contributed by atoms with E-state index in [2.05, 4.69) is 12.0 Å². The van der Waals surface area contributed by atoms with Gasteiger partial charge in [-0.3, -0.25) is 9.48 Å². The van der Waals surface area contributed by atoms with Gasteiger partial charge in [-0.15, -0.1) is 0 Å². The van der Waals surface area contributed by atoms with E-state index in [0.29, 0.717) is 18.8 Å². The van der Waals surface area contributed by atoms with Crippen LogP contribution in [0.5, 0.6) is 0 Å². The summed E-state index contributed by atoms with van der Waals surface area (Å²) in [6.45, 7) is 7.08. The number of unbranched alkanes of at least 4 members (excludes halogenated alkanes) is 3. The highest BCUT2D eigenvalue weighted by molar-refractivity contribution is 5.76. The Morgan fingerprint density at radius 3 is 2.52 bits per heavy atom. The zero-order chi connectivity index (χ0) is 15.8. The van der Waals surface area contributed by atoms with Crippen LogP contribution in [0.2, 0.25) is 0 Å². The number of rotatable bonds is 9. The predicted molar refractivity (Wildman–Crippen MR) is 83.9 cm³/mol. The monoisotopic (exact) mass is 296 g/mol. The fourth-order valence-corrected chi connectivity index (χ4v) is 2.30. The van der Waals surface area contributed by atoms with Crippen LogP contribution in [-0.4, -0.2) is 45.4 Å². The summed E-state index contributed by atoms with van der Waals surface area (Å²) in [5.74, 6) is -0.0221. The van der Waals surface area contributed by atoms with Crippen LogP contribution < -0.4 is 5.73 Å². The molecule has 3 N–H and O–H groups in total. The molecule has 0 aromatic carbocycles. The van der Waals surface area contributed by atoms with Crippen LogP contribution in [0.1, 0.15) is 44.0 Å². The molecule has 21 heavy (non-hydrogen) atoms. The number of anilines is 1. The molecule has 0 unspecified atom stereocenters. The quantitative estimate of drug-likeness (QED) is 0.676. The van der Waals surface area contributed by atoms with Crippen molar-refractivity contribution in [2.45, 2.75) is 53.0 Å². The largest absolute Gasteiger partial charge is 0.396 e. The van der Waals surface area contributed by atoms with Gasteiger partial charge in [0.2, 0.25) is 5.91 Å². The van der Waals surface area contributed by atoms with E-state index in [1.54, 1.807) is 9.58 Å². The molecule has 0 bridgehead atoms. The molecule has 0 atom stereocenters. The molecule has 0 saturated heterocycles. The second-order valence-corrected chi connectivity index (χ2v) is 5.41. The second-order valence-electron chi connectivity index (χ2n) is 5.41. The van der Waals surface area contributed by atoms with Gasteiger partial charge in [-0.25, -0.2) is 0 Å². The highest BCUT2D eigenvalue weighted by atomic mass is 16.3. The molecule has 1 amide bonds. The Labute approximate surface area is 126 Å². The number of nitrogens with two attached hydrogens (primary N) is 1. The number of aliphatic hydroxyl groups is 1. The summed E-state index contributed by atoms with van der Waals surface area (Å²) in [5, 5.41) is 13.4. The first-order valence-electron chi connectivity index (χ1n) is 7.69. The molecule has 6 heteroatoms. The maximum Gasteiger partial charge on any atom is 0.244 e. The van der Waals surface area contributed by atoms with Crippen molar-refractivity contribution in [2.24, 2.45) is 0 Å². The number of carbonyl (C=O) groups is 1. The lowest BCUT2D eigenvalue weighted by molar-refractivity contribution is -0.132. The molecule has 1 rings (SSSR count). The summed E-state index contributed by atoms with van der Waals surface area (Å²) < 4.78 is 1.64. The first kappa shape index (κ1) is 17.5. The Morgan fingerprint density at radius 2 is 2.00 bits per heavy atom. The summed E-state index contributed by atoms with van der Waals surface area (Å²) in [6, 6.07) is 0. The lowest BCUT2D eigenvalue weighted by atomic mass is 10.2. The van der Waals surface area contributed by atoms with E-state index in [1.807, 2.05) is 13.8 Å². The van der Waals surface area contributed by atoms with Gasteiger partial charge in [0.1, 0.15) is 6.54 Å². The Hall–Kier alpha value is -1.56. The highest BCUT2D eigenvalue weighted by Crippen LogP contribution is 2.15. The van der Waals surface area contributed by atoms with E-state index >= 15 is 0 Å². The first-order valence-corrected chi connectivity index (χ1v) is 7.69. The minimum Gasteiger partial charge on any atom is -0.396 e. The van der Waals surface area contributed by atoms with Gasteiger partial charge in [-0.1, -0.05) is 26.2 Å². The van der Waals surface area contributed by atoms with Gasteiger partial charge in [-0.05, 0) is 20.3 Å². The standard InChI is InChI=1S/C15H28N4O2/c1-4-5-6-7-8-18(9-10-20)14(21)11-19-13(3)15(16)12(2)17-19/h20H,4-11,16H2,1-3H3. The van der Waals surface area contributed by atoms with E-state index < -0.39 is 0 Å². The summed E-state index contributed by atoms with van der Waals surface area (Å²) in [6.07, 6.45) is 4.42. The maximum absolute atomic E-state index is 12.4. The number of aliphatic hydroxyl groups excluding tert-OH is 1. The fourth-order valence-electron chi connectivity index (χ4n) is 2.30. The van der Waals surface area contributed by atoms with Crippen molar-refractivity contribution in [3.8, 4) is 0 Å². The molecule has 0 radical (unpaired) electrons. The van der Waals surface area contributed by atoms with E-state index in [1.165, 1.54) is 12.8 Å². The lowest BCUT2D eigenvalue weighted by Gasteiger charge is -2.22. The van der Waals surface area contributed by atoms with Crippen LogP contribution in [0, 0.1) is 13.8 Å². The van der Waals surface area contributed by atoms with Crippen molar-refractivity contribution in [2.75, 3.05) is 25.4 Å². The van der Waals surface area contributed by atoms with Crippen molar-refractivity contribution in [1.29, 1.82) is 0 Å². The zero-order valence-corrected chi connectivity index (χ0v) is 13.4. The Balaban J connectivity index is 2.61. The first-order chi connectivity index (χ1) is 10.0. The molecule has 6 nitrogen and oxygen atoms in total. The van der Waals surface area contributed by atoms with Crippen LogP contribution in [0.3, 0.4) is 0 Å². The fraction of sp³-hybridized carbons (Fsp3) is 0.733. The molecule has 0 aliphatic rings. The van der Waals surface area contributed by atoms with Crippen LogP contribution in [0.15, 0.2) is 0 Å². The highest BCUT2D eigenvalue weighted by Gasteiger charge is 2.16. The van der Waals surface area contributed by atoms with Gasteiger partial charge >= 0.3 is 0 Å². The molecule has 1 aromatic heterocycles. The maximum atomic E-state index is 12.4. The van der Waals surface area contributed by atoms with E-state index in [9.17, 15) is 4.79 Å². The lowest BCUT2D eigenvalue weighted by Crippen LogP contribution is -2.37. The number of aromatic nitrogens is 2. The van der Waals surface area contributed by atoms with Crippen molar-refractivity contribution in [1.82, 2.24) is 14.7 Å². The minimum atomic E-state index is -0.0221. The number of carbonyl (C=O) groups excluding carboxylic acids is 1. The average Bonchev–Trinajstić information content (AvgIpc) is 2.69. The topological polar surface area (TPSA) is 84.4 Å². The summed E-state index contributed by atoms with van der Waals surface area (Å²) >= 11 is 0. The van der Waals surface area contributed by atoms with Gasteiger partial charge in [-0.2, -0.15) is 5.10 Å². The number of nitrogens with zero attached hydrogens (tertiary/aromatic N) is 3. The molecule has 120 valence electrons. The average molecular weight is 296 g/mol. The molecule has 0 aliphatic carbocycles. The van der Waals surface area contributed by atoms with Crippen molar-refractivity contribution >= 4 is 11.6 Å². The van der Waals surface area contributed by atoms with E-state index in [-0.39, 0.29) is 19.1 Å². The third-order valence-electron chi connectivity index (χ3n) is 3.73. The summed E-state index contributed by atoms with van der Waals surface area (Å²) in [5.41, 5.74) is 8.08. The van der Waals surface area contributed by atoms with Gasteiger partial charge in [0, 0.05) is 13.1 Å². The van der Waals surface area contributed by atoms with Crippen molar-refractivity contribution in [3.05, 3.63) is 11.4 Å². The van der Waals surface area contributed by atoms with Gasteiger partial charge < -0.3 is 15.7 Å². The van der Waals surface area contributed by atoms with Crippen LogP contribution >= 0.6 is 0 Å². The normalized spacial score (nSPS) is 10.9. The molecule has 1 heterocycles. The Kier molecular flexibility index (Phi) is 7.22. The second kappa shape index (κ2) is 8.67. The molecule has 0 spiro atoms. The predicted octanol–water partition coefficient (Wildman–Crippen LogP) is 1.48. The van der Waals surface area contributed by atoms with Gasteiger partial charge in [0.15, 0.2) is 0 Å². The Morgan fingerprint density at radius 1 is 1.29 bits per heavy atom. The zero-order valence-electron chi connectivity index (χ0n) is 13.4. The minimum absolute atomic E-state index is 0.0151.